The first kappa shape index (κ1) is 20.2. The van der Waals surface area contributed by atoms with Crippen LogP contribution in [0.15, 0.2) is 60.9 Å². The Morgan fingerprint density at radius 3 is 2.19 bits per heavy atom. The highest BCUT2D eigenvalue weighted by molar-refractivity contribution is 7.65. The zero-order chi connectivity index (χ0) is 18.8. The van der Waals surface area contributed by atoms with Crippen LogP contribution >= 0.6 is 7.60 Å². The molecule has 0 atom stereocenters. The molecule has 0 aromatic heterocycles. The molecule has 0 aliphatic rings. The van der Waals surface area contributed by atoms with E-state index in [1.165, 1.54) is 13.4 Å². The molecule has 0 unspecified atom stereocenters. The molecule has 5 nitrogen and oxygen atoms in total. The van der Waals surface area contributed by atoms with Gasteiger partial charge in [0.2, 0.25) is 0 Å². The normalized spacial score (nSPS) is 12.0. The number of ether oxygens (including phenoxy) is 2. The number of para-hydroxylation sites is 1. The third kappa shape index (κ3) is 5.21. The van der Waals surface area contributed by atoms with Gasteiger partial charge in [-0.1, -0.05) is 42.5 Å². The van der Waals surface area contributed by atoms with E-state index in [1.807, 2.05) is 54.6 Å². The highest BCUT2D eigenvalue weighted by Crippen LogP contribution is 2.60. The predicted molar refractivity (Wildman–Crippen MR) is 103 cm³/mol. The molecule has 6 heteroatoms. The lowest BCUT2D eigenvalue weighted by Gasteiger charge is -2.21. The Hall–Kier alpha value is -2.07. The predicted octanol–water partition coefficient (Wildman–Crippen LogP) is 5.48. The van der Waals surface area contributed by atoms with Crippen LogP contribution in [0.2, 0.25) is 0 Å². The molecule has 0 amide bonds. The second-order valence-electron chi connectivity index (χ2n) is 5.33. The van der Waals surface area contributed by atoms with Gasteiger partial charge in [0.25, 0.3) is 0 Å². The minimum Gasteiger partial charge on any atom is -0.503 e. The van der Waals surface area contributed by atoms with Gasteiger partial charge in [0.1, 0.15) is 17.7 Å². The van der Waals surface area contributed by atoms with Crippen LogP contribution in [-0.2, 0) is 25.0 Å². The third-order valence-electron chi connectivity index (χ3n) is 3.55. The van der Waals surface area contributed by atoms with E-state index in [0.29, 0.717) is 11.9 Å². The smallest absolute Gasteiger partial charge is 0.365 e. The van der Waals surface area contributed by atoms with Crippen LogP contribution in [0, 0.1) is 0 Å². The Kier molecular flexibility index (Phi) is 7.92. The zero-order valence-electron chi connectivity index (χ0n) is 15.4. The van der Waals surface area contributed by atoms with Gasteiger partial charge in [-0.25, -0.2) is 0 Å². The van der Waals surface area contributed by atoms with E-state index in [1.54, 1.807) is 13.8 Å². The molecule has 2 aromatic rings. The number of benzene rings is 2. The Bertz CT molecular complexity index is 748. The van der Waals surface area contributed by atoms with Crippen molar-refractivity contribution in [3.05, 3.63) is 72.0 Å². The first-order chi connectivity index (χ1) is 12.6. The van der Waals surface area contributed by atoms with E-state index in [0.717, 1.165) is 16.9 Å². The molecule has 0 heterocycles. The molecule has 0 fully saturated rings. The van der Waals surface area contributed by atoms with Crippen molar-refractivity contribution in [3.63, 3.8) is 0 Å². The lowest BCUT2D eigenvalue weighted by atomic mass is 10.1. The summed E-state index contributed by atoms with van der Waals surface area (Å²) in [5.41, 5.74) is 1.58. The van der Waals surface area contributed by atoms with Crippen molar-refractivity contribution in [1.82, 2.24) is 0 Å². The Balaban J connectivity index is 2.37. The maximum atomic E-state index is 13.3. The molecule has 0 spiro atoms. The van der Waals surface area contributed by atoms with Gasteiger partial charge in [0, 0.05) is 0 Å². The first-order valence-corrected chi connectivity index (χ1v) is 10.1. The average molecular weight is 376 g/mol. The van der Waals surface area contributed by atoms with Gasteiger partial charge in [0.15, 0.2) is 0 Å². The molecule has 0 N–H and O–H groups in total. The van der Waals surface area contributed by atoms with Crippen LogP contribution in [0.5, 0.6) is 5.75 Å². The summed E-state index contributed by atoms with van der Waals surface area (Å²) in [6.07, 6.45) is 1.42. The fourth-order valence-electron chi connectivity index (χ4n) is 2.48. The molecular formula is C20H25O5P. The fraction of sp³-hybridized carbons (Fsp3) is 0.300. The topological polar surface area (TPSA) is 54.0 Å². The lowest BCUT2D eigenvalue weighted by Crippen LogP contribution is -2.04. The second kappa shape index (κ2) is 10.2. The lowest BCUT2D eigenvalue weighted by molar-refractivity contribution is 0.229. The van der Waals surface area contributed by atoms with Crippen molar-refractivity contribution in [1.29, 1.82) is 0 Å². The van der Waals surface area contributed by atoms with E-state index in [4.69, 9.17) is 18.5 Å². The van der Waals surface area contributed by atoms with Gasteiger partial charge < -0.3 is 18.5 Å². The molecule has 140 valence electrons. The van der Waals surface area contributed by atoms with Gasteiger partial charge in [0.05, 0.1) is 26.6 Å². The van der Waals surface area contributed by atoms with Gasteiger partial charge >= 0.3 is 7.60 Å². The van der Waals surface area contributed by atoms with E-state index in [-0.39, 0.29) is 13.2 Å². The van der Waals surface area contributed by atoms with Gasteiger partial charge in [-0.05, 0) is 37.1 Å². The molecule has 0 bridgehead atoms. The summed E-state index contributed by atoms with van der Waals surface area (Å²) < 4.78 is 35.3. The van der Waals surface area contributed by atoms with E-state index in [2.05, 4.69) is 0 Å². The van der Waals surface area contributed by atoms with Crippen molar-refractivity contribution >= 4 is 12.9 Å². The van der Waals surface area contributed by atoms with E-state index >= 15 is 0 Å². The van der Waals surface area contributed by atoms with Crippen molar-refractivity contribution < 1.29 is 23.1 Å². The summed E-state index contributed by atoms with van der Waals surface area (Å²) >= 11 is 0. The van der Waals surface area contributed by atoms with Crippen molar-refractivity contribution in [2.75, 3.05) is 20.3 Å². The van der Waals surface area contributed by atoms with Crippen molar-refractivity contribution in [3.8, 4) is 5.75 Å². The molecule has 2 aromatic carbocycles. The van der Waals surface area contributed by atoms with Crippen LogP contribution in [0.1, 0.15) is 25.0 Å². The van der Waals surface area contributed by atoms with E-state index in [9.17, 15) is 4.57 Å². The maximum absolute atomic E-state index is 13.3. The number of hydrogen-bond acceptors (Lipinski definition) is 5. The molecule has 0 saturated heterocycles. The first-order valence-electron chi connectivity index (χ1n) is 8.53. The summed E-state index contributed by atoms with van der Waals surface area (Å²) in [5.74, 6) is 0.761. The molecule has 26 heavy (non-hydrogen) atoms. The Morgan fingerprint density at radius 1 is 0.962 bits per heavy atom. The Labute approximate surface area is 155 Å². The van der Waals surface area contributed by atoms with Gasteiger partial charge in [-0.3, -0.25) is 4.57 Å². The average Bonchev–Trinajstić information content (AvgIpc) is 2.66. The van der Waals surface area contributed by atoms with Crippen LogP contribution < -0.4 is 4.74 Å². The maximum Gasteiger partial charge on any atom is 0.365 e. The number of rotatable bonds is 10. The summed E-state index contributed by atoms with van der Waals surface area (Å²) in [4.78, 5) is 0. The van der Waals surface area contributed by atoms with Crippen molar-refractivity contribution in [2.24, 2.45) is 0 Å². The van der Waals surface area contributed by atoms with Crippen LogP contribution in [0.4, 0.5) is 0 Å². The summed E-state index contributed by atoms with van der Waals surface area (Å²) in [6, 6.07) is 17.1. The monoisotopic (exact) mass is 376 g/mol. The SMILES string of the molecule is CCOP(=O)(OCC)C(=COC)c1ccccc1COc1ccccc1. The highest BCUT2D eigenvalue weighted by atomic mass is 31.2. The zero-order valence-corrected chi connectivity index (χ0v) is 16.3. The second-order valence-corrected chi connectivity index (χ2v) is 7.32. The minimum atomic E-state index is -3.51. The summed E-state index contributed by atoms with van der Waals surface area (Å²) in [6.45, 7) is 4.41. The fourth-order valence-corrected chi connectivity index (χ4v) is 4.26. The number of hydrogen-bond donors (Lipinski definition) is 0. The highest BCUT2D eigenvalue weighted by Gasteiger charge is 2.32. The molecule has 0 aliphatic carbocycles. The molecule has 2 rings (SSSR count). The summed E-state index contributed by atoms with van der Waals surface area (Å²) in [7, 11) is -2.00. The molecular weight excluding hydrogens is 351 g/mol. The molecule has 0 radical (unpaired) electrons. The minimum absolute atomic E-state index is 0.265. The van der Waals surface area contributed by atoms with Crippen LogP contribution in [0.25, 0.3) is 5.31 Å². The van der Waals surface area contributed by atoms with Gasteiger partial charge in [-0.15, -0.1) is 0 Å². The summed E-state index contributed by atoms with van der Waals surface area (Å²) in [5, 5.41) is 0.385. The van der Waals surface area contributed by atoms with E-state index < -0.39 is 7.60 Å². The van der Waals surface area contributed by atoms with Crippen LogP contribution in [-0.4, -0.2) is 20.3 Å². The standard InChI is InChI=1S/C20H25O5P/c1-4-24-26(21,25-5-2)20(16-22-3)19-14-10-9-11-17(19)15-23-18-12-7-6-8-13-18/h6-14,16H,4-5,15H2,1-3H3. The van der Waals surface area contributed by atoms with Crippen molar-refractivity contribution in [2.45, 2.75) is 20.5 Å². The van der Waals surface area contributed by atoms with Gasteiger partial charge in [-0.2, -0.15) is 0 Å². The quantitative estimate of drug-likeness (QED) is 0.406. The molecule has 0 saturated carbocycles. The Morgan fingerprint density at radius 2 is 1.58 bits per heavy atom. The third-order valence-corrected chi connectivity index (χ3v) is 5.69. The van der Waals surface area contributed by atoms with Crippen LogP contribution in [0.3, 0.4) is 0 Å². The largest absolute Gasteiger partial charge is 0.503 e. The number of methoxy groups -OCH3 is 1. The molecule has 0 aliphatic heterocycles.